The van der Waals surface area contributed by atoms with Crippen LogP contribution in [0.4, 0.5) is 0 Å². The van der Waals surface area contributed by atoms with Gasteiger partial charge in [0, 0.05) is 6.54 Å². The summed E-state index contributed by atoms with van der Waals surface area (Å²) < 4.78 is 0. The number of rotatable bonds is 3. The summed E-state index contributed by atoms with van der Waals surface area (Å²) in [4.78, 5) is 13.7. The number of carboxylic acids is 1. The zero-order valence-corrected chi connectivity index (χ0v) is 11.0. The van der Waals surface area contributed by atoms with Crippen LogP contribution in [0.25, 0.3) is 0 Å². The second-order valence-electron chi connectivity index (χ2n) is 5.99. The summed E-state index contributed by atoms with van der Waals surface area (Å²) in [6.45, 7) is 3.89. The van der Waals surface area contributed by atoms with Gasteiger partial charge in [0.2, 0.25) is 0 Å². The molecule has 1 unspecified atom stereocenters. The van der Waals surface area contributed by atoms with E-state index in [1.165, 1.54) is 32.1 Å². The summed E-state index contributed by atoms with van der Waals surface area (Å²) >= 11 is 0. The molecular formula is C14H25NO2. The monoisotopic (exact) mass is 239 g/mol. The zero-order chi connectivity index (χ0) is 12.3. The van der Waals surface area contributed by atoms with Gasteiger partial charge in [-0.1, -0.05) is 19.3 Å². The number of likely N-dealkylation sites (tertiary alicyclic amines) is 1. The van der Waals surface area contributed by atoms with Gasteiger partial charge in [-0.05, 0) is 51.5 Å². The maximum absolute atomic E-state index is 11.5. The Balaban J connectivity index is 1.98. The molecule has 1 atom stereocenters. The first kappa shape index (κ1) is 12.9. The van der Waals surface area contributed by atoms with Crippen molar-refractivity contribution in [1.29, 1.82) is 0 Å². The van der Waals surface area contributed by atoms with E-state index in [-0.39, 0.29) is 0 Å². The standard InChI is InChI=1S/C14H25NO2/c1-14(13(16)17)9-5-6-10-15(14)11-12-7-3-2-4-8-12/h12H,2-11H2,1H3,(H,16,17). The van der Waals surface area contributed by atoms with E-state index >= 15 is 0 Å². The van der Waals surface area contributed by atoms with Gasteiger partial charge in [-0.2, -0.15) is 0 Å². The number of nitrogens with zero attached hydrogens (tertiary/aromatic N) is 1. The maximum atomic E-state index is 11.5. The van der Waals surface area contributed by atoms with E-state index in [2.05, 4.69) is 4.90 Å². The molecule has 1 aliphatic heterocycles. The fourth-order valence-electron chi connectivity index (χ4n) is 3.39. The molecule has 3 heteroatoms. The number of aliphatic carboxylic acids is 1. The molecule has 2 aliphatic rings. The molecule has 0 aromatic carbocycles. The average Bonchev–Trinajstić information content (AvgIpc) is 2.33. The van der Waals surface area contributed by atoms with Crippen molar-refractivity contribution in [2.75, 3.05) is 13.1 Å². The molecule has 0 spiro atoms. The number of carbonyl (C=O) groups is 1. The second-order valence-corrected chi connectivity index (χ2v) is 5.99. The highest BCUT2D eigenvalue weighted by molar-refractivity contribution is 5.78. The summed E-state index contributed by atoms with van der Waals surface area (Å²) in [7, 11) is 0. The Bertz CT molecular complexity index is 273. The average molecular weight is 239 g/mol. The molecule has 1 heterocycles. The summed E-state index contributed by atoms with van der Waals surface area (Å²) in [5, 5.41) is 9.46. The number of piperidine rings is 1. The quantitative estimate of drug-likeness (QED) is 0.823. The third-order valence-electron chi connectivity index (χ3n) is 4.70. The topological polar surface area (TPSA) is 40.5 Å². The molecule has 1 aliphatic carbocycles. The molecule has 1 saturated carbocycles. The first-order chi connectivity index (χ1) is 8.13. The van der Waals surface area contributed by atoms with E-state index in [1.54, 1.807) is 0 Å². The summed E-state index contributed by atoms with van der Waals surface area (Å²) in [5.41, 5.74) is -0.601. The van der Waals surface area contributed by atoms with Gasteiger partial charge in [0.05, 0.1) is 0 Å². The largest absolute Gasteiger partial charge is 0.480 e. The van der Waals surface area contributed by atoms with Crippen LogP contribution < -0.4 is 0 Å². The van der Waals surface area contributed by atoms with Crippen LogP contribution in [0, 0.1) is 5.92 Å². The van der Waals surface area contributed by atoms with Crippen molar-refractivity contribution >= 4 is 5.97 Å². The van der Waals surface area contributed by atoms with Gasteiger partial charge in [0.25, 0.3) is 0 Å². The van der Waals surface area contributed by atoms with Crippen LogP contribution in [-0.4, -0.2) is 34.6 Å². The molecule has 0 radical (unpaired) electrons. The van der Waals surface area contributed by atoms with Crippen LogP contribution in [0.2, 0.25) is 0 Å². The Kier molecular flexibility index (Phi) is 4.08. The van der Waals surface area contributed by atoms with Gasteiger partial charge >= 0.3 is 5.97 Å². The summed E-state index contributed by atoms with van der Waals surface area (Å²) in [5.74, 6) is 0.105. The second kappa shape index (κ2) is 5.38. The smallest absolute Gasteiger partial charge is 0.323 e. The van der Waals surface area contributed by atoms with Gasteiger partial charge in [0.1, 0.15) is 5.54 Å². The minimum Gasteiger partial charge on any atom is -0.480 e. The Labute approximate surface area is 104 Å². The van der Waals surface area contributed by atoms with Gasteiger partial charge in [-0.25, -0.2) is 0 Å². The Morgan fingerprint density at radius 3 is 2.59 bits per heavy atom. The van der Waals surface area contributed by atoms with Gasteiger partial charge < -0.3 is 5.11 Å². The number of carboxylic acid groups (broad SMARTS) is 1. The van der Waals surface area contributed by atoms with Crippen molar-refractivity contribution in [3.8, 4) is 0 Å². The van der Waals surface area contributed by atoms with E-state index in [1.807, 2.05) is 6.92 Å². The van der Waals surface area contributed by atoms with Gasteiger partial charge in [-0.15, -0.1) is 0 Å². The molecule has 3 nitrogen and oxygen atoms in total. The lowest BCUT2D eigenvalue weighted by Gasteiger charge is -2.43. The van der Waals surface area contributed by atoms with Crippen molar-refractivity contribution in [3.05, 3.63) is 0 Å². The molecule has 98 valence electrons. The normalized spacial score (nSPS) is 32.5. The minimum atomic E-state index is -0.631. The third-order valence-corrected chi connectivity index (χ3v) is 4.70. The Morgan fingerprint density at radius 1 is 1.24 bits per heavy atom. The van der Waals surface area contributed by atoms with Crippen molar-refractivity contribution in [2.45, 2.75) is 63.8 Å². The lowest BCUT2D eigenvalue weighted by atomic mass is 9.84. The molecule has 2 rings (SSSR count). The van der Waals surface area contributed by atoms with Gasteiger partial charge in [-0.3, -0.25) is 9.69 Å². The van der Waals surface area contributed by atoms with Crippen LogP contribution in [-0.2, 0) is 4.79 Å². The van der Waals surface area contributed by atoms with Crippen LogP contribution in [0.15, 0.2) is 0 Å². The van der Waals surface area contributed by atoms with Crippen LogP contribution in [0.5, 0.6) is 0 Å². The first-order valence-corrected chi connectivity index (χ1v) is 7.11. The Morgan fingerprint density at radius 2 is 1.94 bits per heavy atom. The van der Waals surface area contributed by atoms with E-state index in [4.69, 9.17) is 0 Å². The van der Waals surface area contributed by atoms with Crippen molar-refractivity contribution in [1.82, 2.24) is 4.90 Å². The molecule has 2 fully saturated rings. The summed E-state index contributed by atoms with van der Waals surface area (Å²) in [6, 6.07) is 0. The molecule has 0 bridgehead atoms. The highest BCUT2D eigenvalue weighted by Crippen LogP contribution is 2.32. The fourth-order valence-corrected chi connectivity index (χ4v) is 3.39. The molecule has 0 amide bonds. The SMILES string of the molecule is CC1(C(=O)O)CCCCN1CC1CCCCC1. The molecule has 0 aromatic rings. The molecular weight excluding hydrogens is 214 g/mol. The van der Waals surface area contributed by atoms with Crippen LogP contribution in [0.1, 0.15) is 58.3 Å². The van der Waals surface area contributed by atoms with E-state index in [0.29, 0.717) is 0 Å². The molecule has 1 N–H and O–H groups in total. The van der Waals surface area contributed by atoms with Crippen LogP contribution >= 0.6 is 0 Å². The zero-order valence-electron chi connectivity index (χ0n) is 11.0. The maximum Gasteiger partial charge on any atom is 0.323 e. The van der Waals surface area contributed by atoms with Crippen LogP contribution in [0.3, 0.4) is 0 Å². The van der Waals surface area contributed by atoms with Crippen molar-refractivity contribution in [2.24, 2.45) is 5.92 Å². The highest BCUT2D eigenvalue weighted by atomic mass is 16.4. The van der Waals surface area contributed by atoms with E-state index in [0.717, 1.165) is 38.3 Å². The third kappa shape index (κ3) is 2.82. The van der Waals surface area contributed by atoms with Crippen molar-refractivity contribution in [3.63, 3.8) is 0 Å². The van der Waals surface area contributed by atoms with E-state index in [9.17, 15) is 9.90 Å². The lowest BCUT2D eigenvalue weighted by Crippen LogP contribution is -2.56. The lowest BCUT2D eigenvalue weighted by molar-refractivity contribution is -0.153. The molecule has 0 aromatic heterocycles. The Hall–Kier alpha value is -0.570. The van der Waals surface area contributed by atoms with Crippen molar-refractivity contribution < 1.29 is 9.90 Å². The number of hydrogen-bond acceptors (Lipinski definition) is 2. The predicted octanol–water partition coefficient (Wildman–Crippen LogP) is 2.90. The fraction of sp³-hybridized carbons (Fsp3) is 0.929. The first-order valence-electron chi connectivity index (χ1n) is 7.11. The molecule has 17 heavy (non-hydrogen) atoms. The molecule has 1 saturated heterocycles. The number of hydrogen-bond donors (Lipinski definition) is 1. The minimum absolute atomic E-state index is 0.601. The van der Waals surface area contributed by atoms with Gasteiger partial charge in [0.15, 0.2) is 0 Å². The predicted molar refractivity (Wildman–Crippen MR) is 68.0 cm³/mol. The summed E-state index contributed by atoms with van der Waals surface area (Å²) in [6.07, 6.45) is 9.67. The highest BCUT2D eigenvalue weighted by Gasteiger charge is 2.41. The van der Waals surface area contributed by atoms with E-state index < -0.39 is 11.5 Å².